The lowest BCUT2D eigenvalue weighted by Gasteiger charge is -2.08. The van der Waals surface area contributed by atoms with Crippen LogP contribution >= 0.6 is 11.6 Å². The molecule has 3 aromatic rings. The van der Waals surface area contributed by atoms with Crippen molar-refractivity contribution in [3.05, 3.63) is 36.4 Å². The smallest absolute Gasteiger partial charge is 0.147 e. The summed E-state index contributed by atoms with van der Waals surface area (Å²) in [6, 6.07) is 5.93. The van der Waals surface area contributed by atoms with Gasteiger partial charge in [0.15, 0.2) is 0 Å². The Morgan fingerprint density at radius 2 is 2.19 bits per heavy atom. The molecule has 0 N–H and O–H groups in total. The van der Waals surface area contributed by atoms with Gasteiger partial charge in [0.25, 0.3) is 0 Å². The zero-order valence-corrected chi connectivity index (χ0v) is 12.5. The number of para-hydroxylation sites is 1. The molecule has 0 aliphatic carbocycles. The van der Waals surface area contributed by atoms with E-state index in [1.807, 2.05) is 31.3 Å². The third kappa shape index (κ3) is 2.71. The van der Waals surface area contributed by atoms with E-state index in [4.69, 9.17) is 16.3 Å². The second-order valence-electron chi connectivity index (χ2n) is 4.54. The molecule has 21 heavy (non-hydrogen) atoms. The average Bonchev–Trinajstić information content (AvgIpc) is 3.13. The highest BCUT2D eigenvalue weighted by Gasteiger charge is 2.13. The van der Waals surface area contributed by atoms with Crippen molar-refractivity contribution in [1.82, 2.24) is 24.5 Å². The monoisotopic (exact) mass is 305 g/mol. The van der Waals surface area contributed by atoms with Gasteiger partial charge in [0.1, 0.15) is 17.1 Å². The predicted octanol–water partition coefficient (Wildman–Crippen LogP) is 2.47. The minimum Gasteiger partial charge on any atom is -0.492 e. The van der Waals surface area contributed by atoms with Crippen LogP contribution in [0, 0.1) is 0 Å². The highest BCUT2D eigenvalue weighted by molar-refractivity contribution is 6.16. The van der Waals surface area contributed by atoms with Gasteiger partial charge in [0, 0.05) is 12.7 Å². The maximum absolute atomic E-state index is 6.03. The summed E-state index contributed by atoms with van der Waals surface area (Å²) in [5.74, 6) is 1.98. The Bertz CT molecular complexity index is 722. The normalized spacial score (nSPS) is 11.1. The van der Waals surface area contributed by atoms with E-state index in [0.29, 0.717) is 19.0 Å². The van der Waals surface area contributed by atoms with Crippen molar-refractivity contribution < 1.29 is 4.74 Å². The van der Waals surface area contributed by atoms with Crippen molar-refractivity contribution in [2.75, 3.05) is 6.61 Å². The standard InChI is InChI=1S/C14H16ClN5O/c1-2-21-12-5-3-4-11-14(12)17-13(10-15)20(11)9-8-19-7-6-16-18-19/h3-7H,2,8-10H2,1H3. The largest absolute Gasteiger partial charge is 0.492 e. The third-order valence-electron chi connectivity index (χ3n) is 3.26. The van der Waals surface area contributed by atoms with E-state index in [1.54, 1.807) is 10.9 Å². The number of aromatic nitrogens is 5. The average molecular weight is 306 g/mol. The lowest BCUT2D eigenvalue weighted by molar-refractivity contribution is 0.343. The van der Waals surface area contributed by atoms with Crippen molar-refractivity contribution in [2.45, 2.75) is 25.9 Å². The summed E-state index contributed by atoms with van der Waals surface area (Å²) in [7, 11) is 0. The number of hydrogen-bond donors (Lipinski definition) is 0. The van der Waals surface area contributed by atoms with Crippen LogP contribution in [0.25, 0.3) is 11.0 Å². The molecule has 3 rings (SSSR count). The van der Waals surface area contributed by atoms with E-state index in [1.165, 1.54) is 0 Å². The molecule has 0 bridgehead atoms. The molecule has 0 saturated carbocycles. The first-order valence-corrected chi connectivity index (χ1v) is 7.38. The number of halogens is 1. The number of imidazole rings is 1. The van der Waals surface area contributed by atoms with Gasteiger partial charge in [-0.1, -0.05) is 11.3 Å². The van der Waals surface area contributed by atoms with Gasteiger partial charge in [-0.2, -0.15) is 0 Å². The molecule has 6 nitrogen and oxygen atoms in total. The molecular formula is C14H16ClN5O. The Morgan fingerprint density at radius 3 is 2.90 bits per heavy atom. The van der Waals surface area contributed by atoms with E-state index in [-0.39, 0.29) is 0 Å². The van der Waals surface area contributed by atoms with Gasteiger partial charge in [-0.25, -0.2) is 4.98 Å². The van der Waals surface area contributed by atoms with Crippen molar-refractivity contribution >= 4 is 22.6 Å². The first kappa shape index (κ1) is 13.9. The summed E-state index contributed by atoms with van der Waals surface area (Å²) in [5, 5.41) is 7.78. The molecule has 0 saturated heterocycles. The highest BCUT2D eigenvalue weighted by atomic mass is 35.5. The van der Waals surface area contributed by atoms with E-state index in [0.717, 1.165) is 29.2 Å². The van der Waals surface area contributed by atoms with Crippen LogP contribution in [0.5, 0.6) is 5.75 Å². The van der Waals surface area contributed by atoms with Gasteiger partial charge in [-0.05, 0) is 19.1 Å². The highest BCUT2D eigenvalue weighted by Crippen LogP contribution is 2.26. The minimum absolute atomic E-state index is 0.359. The van der Waals surface area contributed by atoms with Gasteiger partial charge in [0.05, 0.1) is 30.7 Å². The molecule has 0 unspecified atom stereocenters. The lowest BCUT2D eigenvalue weighted by atomic mass is 10.3. The Kier molecular flexibility index (Phi) is 4.06. The van der Waals surface area contributed by atoms with Gasteiger partial charge < -0.3 is 9.30 Å². The molecule has 2 aromatic heterocycles. The second kappa shape index (κ2) is 6.13. The first-order valence-electron chi connectivity index (χ1n) is 6.84. The van der Waals surface area contributed by atoms with Crippen LogP contribution in [-0.2, 0) is 19.0 Å². The summed E-state index contributed by atoms with van der Waals surface area (Å²) in [5.41, 5.74) is 1.88. The number of ether oxygens (including phenoxy) is 1. The Labute approximate surface area is 127 Å². The molecule has 1 aromatic carbocycles. The molecule has 0 aliphatic rings. The zero-order chi connectivity index (χ0) is 14.7. The molecule has 2 heterocycles. The summed E-state index contributed by atoms with van der Waals surface area (Å²) in [4.78, 5) is 4.61. The maximum Gasteiger partial charge on any atom is 0.147 e. The Hall–Kier alpha value is -2.08. The fourth-order valence-electron chi connectivity index (χ4n) is 2.35. The van der Waals surface area contributed by atoms with E-state index in [2.05, 4.69) is 19.9 Å². The molecule has 0 amide bonds. The number of benzene rings is 1. The number of aryl methyl sites for hydroxylation is 2. The van der Waals surface area contributed by atoms with Crippen LogP contribution in [-0.4, -0.2) is 31.2 Å². The van der Waals surface area contributed by atoms with Crippen LogP contribution in [0.3, 0.4) is 0 Å². The Balaban J connectivity index is 1.97. The first-order chi connectivity index (χ1) is 10.3. The van der Waals surface area contributed by atoms with Crippen molar-refractivity contribution in [1.29, 1.82) is 0 Å². The lowest BCUT2D eigenvalue weighted by Crippen LogP contribution is -2.10. The minimum atomic E-state index is 0.359. The maximum atomic E-state index is 6.03. The van der Waals surface area contributed by atoms with E-state index < -0.39 is 0 Å². The molecule has 0 radical (unpaired) electrons. The molecule has 7 heteroatoms. The molecule has 0 fully saturated rings. The number of hydrogen-bond acceptors (Lipinski definition) is 4. The van der Waals surface area contributed by atoms with Gasteiger partial charge >= 0.3 is 0 Å². The number of fused-ring (bicyclic) bond motifs is 1. The fourth-order valence-corrected chi connectivity index (χ4v) is 2.55. The van der Waals surface area contributed by atoms with Gasteiger partial charge in [-0.3, -0.25) is 4.68 Å². The zero-order valence-electron chi connectivity index (χ0n) is 11.7. The summed E-state index contributed by atoms with van der Waals surface area (Å²) in [6.07, 6.45) is 3.51. The molecule has 110 valence electrons. The Morgan fingerprint density at radius 1 is 1.29 bits per heavy atom. The van der Waals surface area contributed by atoms with Gasteiger partial charge in [0.2, 0.25) is 0 Å². The summed E-state index contributed by atoms with van der Waals surface area (Å²) in [6.45, 7) is 4.02. The SMILES string of the molecule is CCOc1cccc2c1nc(CCl)n2CCn1ccnn1. The number of nitrogens with zero attached hydrogens (tertiary/aromatic N) is 5. The topological polar surface area (TPSA) is 57.8 Å². The van der Waals surface area contributed by atoms with Crippen LogP contribution < -0.4 is 4.74 Å². The van der Waals surface area contributed by atoms with Crippen LogP contribution in [0.4, 0.5) is 0 Å². The third-order valence-corrected chi connectivity index (χ3v) is 3.50. The quantitative estimate of drug-likeness (QED) is 0.656. The number of rotatable bonds is 6. The van der Waals surface area contributed by atoms with Crippen molar-refractivity contribution in [3.63, 3.8) is 0 Å². The molecular weight excluding hydrogens is 290 g/mol. The molecule has 0 aliphatic heterocycles. The van der Waals surface area contributed by atoms with Crippen LogP contribution in [0.2, 0.25) is 0 Å². The van der Waals surface area contributed by atoms with Crippen molar-refractivity contribution in [3.8, 4) is 5.75 Å². The predicted molar refractivity (Wildman–Crippen MR) is 80.5 cm³/mol. The van der Waals surface area contributed by atoms with Gasteiger partial charge in [-0.15, -0.1) is 16.7 Å². The van der Waals surface area contributed by atoms with Crippen LogP contribution in [0.1, 0.15) is 12.7 Å². The van der Waals surface area contributed by atoms with E-state index >= 15 is 0 Å². The summed E-state index contributed by atoms with van der Waals surface area (Å²) < 4.78 is 9.53. The molecule has 0 spiro atoms. The summed E-state index contributed by atoms with van der Waals surface area (Å²) >= 11 is 6.03. The van der Waals surface area contributed by atoms with Crippen LogP contribution in [0.15, 0.2) is 30.6 Å². The fraction of sp³-hybridized carbons (Fsp3) is 0.357. The number of alkyl halides is 1. The van der Waals surface area contributed by atoms with Crippen molar-refractivity contribution in [2.24, 2.45) is 0 Å². The van der Waals surface area contributed by atoms with E-state index in [9.17, 15) is 0 Å². The molecule has 0 atom stereocenters. The second-order valence-corrected chi connectivity index (χ2v) is 4.80.